The van der Waals surface area contributed by atoms with Gasteiger partial charge in [-0.05, 0) is 25.0 Å². The fourth-order valence-corrected chi connectivity index (χ4v) is 1.72. The second-order valence-electron chi connectivity index (χ2n) is 4.19. The first kappa shape index (κ1) is 11.2. The van der Waals surface area contributed by atoms with Crippen LogP contribution in [0.1, 0.15) is 12.8 Å². The van der Waals surface area contributed by atoms with Crippen molar-refractivity contribution in [3.8, 4) is 0 Å². The van der Waals surface area contributed by atoms with Crippen LogP contribution in [0.2, 0.25) is 5.02 Å². The van der Waals surface area contributed by atoms with Gasteiger partial charge in [-0.2, -0.15) is 10.1 Å². The highest BCUT2D eigenvalue weighted by Crippen LogP contribution is 2.25. The molecule has 5 nitrogen and oxygen atoms in total. The van der Waals surface area contributed by atoms with Crippen molar-refractivity contribution in [1.29, 1.82) is 0 Å². The summed E-state index contributed by atoms with van der Waals surface area (Å²) in [6.45, 7) is 0. The van der Waals surface area contributed by atoms with E-state index >= 15 is 0 Å². The fraction of sp³-hybridized carbons (Fsp3) is 0.250. The van der Waals surface area contributed by atoms with Crippen molar-refractivity contribution in [3.63, 3.8) is 0 Å². The zero-order chi connectivity index (χ0) is 12.4. The van der Waals surface area contributed by atoms with Crippen molar-refractivity contribution in [3.05, 3.63) is 35.5 Å². The highest BCUT2D eigenvalue weighted by Gasteiger charge is 2.22. The van der Waals surface area contributed by atoms with Crippen molar-refractivity contribution < 1.29 is 0 Å². The first-order chi connectivity index (χ1) is 8.81. The lowest BCUT2D eigenvalue weighted by Gasteiger charge is -2.08. The quantitative estimate of drug-likeness (QED) is 0.886. The Morgan fingerprint density at radius 3 is 2.83 bits per heavy atom. The Balaban J connectivity index is 1.77. The monoisotopic (exact) mass is 261 g/mol. The number of hydrogen-bond acceptors (Lipinski definition) is 5. The van der Waals surface area contributed by atoms with E-state index in [2.05, 4.69) is 25.8 Å². The molecule has 1 heterocycles. The number of rotatable bonds is 4. The topological polar surface area (TPSA) is 62.7 Å². The molecule has 1 aromatic heterocycles. The molecular weight excluding hydrogens is 250 g/mol. The van der Waals surface area contributed by atoms with Crippen LogP contribution in [0, 0.1) is 0 Å². The molecule has 18 heavy (non-hydrogen) atoms. The van der Waals surface area contributed by atoms with Crippen LogP contribution in [-0.2, 0) is 0 Å². The molecule has 0 unspecified atom stereocenters. The number of hydrogen-bond donors (Lipinski definition) is 2. The summed E-state index contributed by atoms with van der Waals surface area (Å²) in [5.41, 5.74) is 0.803. The lowest BCUT2D eigenvalue weighted by Crippen LogP contribution is -2.07. The molecule has 0 radical (unpaired) electrons. The minimum atomic E-state index is 0.502. The third-order valence-corrected chi connectivity index (χ3v) is 2.94. The summed E-state index contributed by atoms with van der Waals surface area (Å²) in [4.78, 5) is 4.33. The van der Waals surface area contributed by atoms with Gasteiger partial charge in [-0.1, -0.05) is 23.7 Å². The van der Waals surface area contributed by atoms with Crippen molar-refractivity contribution in [2.45, 2.75) is 18.9 Å². The van der Waals surface area contributed by atoms with Gasteiger partial charge in [0, 0.05) is 6.04 Å². The van der Waals surface area contributed by atoms with Gasteiger partial charge in [-0.15, -0.1) is 5.10 Å². The molecule has 1 aliphatic carbocycles. The lowest BCUT2D eigenvalue weighted by atomic mass is 10.3. The SMILES string of the molecule is Clc1ccccc1Nc1cnnc(NC2CC2)n1. The molecule has 2 N–H and O–H groups in total. The van der Waals surface area contributed by atoms with Gasteiger partial charge < -0.3 is 10.6 Å². The summed E-state index contributed by atoms with van der Waals surface area (Å²) in [6.07, 6.45) is 3.92. The number of nitrogens with one attached hydrogen (secondary N) is 2. The van der Waals surface area contributed by atoms with Gasteiger partial charge in [0.25, 0.3) is 0 Å². The van der Waals surface area contributed by atoms with Gasteiger partial charge in [0.2, 0.25) is 5.95 Å². The fourth-order valence-electron chi connectivity index (χ4n) is 1.54. The van der Waals surface area contributed by atoms with Crippen molar-refractivity contribution in [1.82, 2.24) is 15.2 Å². The molecule has 1 aliphatic rings. The van der Waals surface area contributed by atoms with Crippen LogP contribution in [0.25, 0.3) is 0 Å². The van der Waals surface area contributed by atoms with Crippen LogP contribution in [-0.4, -0.2) is 21.2 Å². The average Bonchev–Trinajstić information content (AvgIpc) is 3.17. The zero-order valence-electron chi connectivity index (χ0n) is 9.60. The van der Waals surface area contributed by atoms with Gasteiger partial charge in [-0.3, -0.25) is 0 Å². The van der Waals surface area contributed by atoms with E-state index < -0.39 is 0 Å². The van der Waals surface area contributed by atoms with Crippen LogP contribution in [0.4, 0.5) is 17.5 Å². The van der Waals surface area contributed by atoms with E-state index in [1.54, 1.807) is 6.20 Å². The Morgan fingerprint density at radius 1 is 1.22 bits per heavy atom. The van der Waals surface area contributed by atoms with Crippen LogP contribution in [0.15, 0.2) is 30.5 Å². The molecule has 0 bridgehead atoms. The Labute approximate surface area is 110 Å². The van der Waals surface area contributed by atoms with Crippen molar-refractivity contribution in [2.75, 3.05) is 10.6 Å². The van der Waals surface area contributed by atoms with E-state index in [0.717, 1.165) is 5.69 Å². The maximum Gasteiger partial charge on any atom is 0.244 e. The molecular formula is C12H12ClN5. The molecule has 1 fully saturated rings. The highest BCUT2D eigenvalue weighted by molar-refractivity contribution is 6.33. The minimum Gasteiger partial charge on any atom is -0.350 e. The van der Waals surface area contributed by atoms with E-state index in [0.29, 0.717) is 22.8 Å². The predicted octanol–water partition coefficient (Wildman–Crippen LogP) is 2.84. The van der Waals surface area contributed by atoms with Gasteiger partial charge >= 0.3 is 0 Å². The Hall–Kier alpha value is -1.88. The smallest absolute Gasteiger partial charge is 0.244 e. The number of nitrogens with zero attached hydrogens (tertiary/aromatic N) is 3. The molecule has 2 aromatic rings. The van der Waals surface area contributed by atoms with Crippen LogP contribution in [0.3, 0.4) is 0 Å². The van der Waals surface area contributed by atoms with E-state index in [1.807, 2.05) is 24.3 Å². The standard InChI is InChI=1S/C12H12ClN5/c13-9-3-1-2-4-10(9)16-11-7-14-18-12(17-11)15-8-5-6-8/h1-4,7-8H,5-6H2,(H2,15,16,17,18). The minimum absolute atomic E-state index is 0.502. The molecule has 0 spiro atoms. The second kappa shape index (κ2) is 4.78. The van der Waals surface area contributed by atoms with Crippen molar-refractivity contribution >= 4 is 29.1 Å². The largest absolute Gasteiger partial charge is 0.350 e. The Morgan fingerprint density at radius 2 is 2.06 bits per heavy atom. The molecule has 0 saturated heterocycles. The van der Waals surface area contributed by atoms with E-state index in [1.165, 1.54) is 12.8 Å². The summed E-state index contributed by atoms with van der Waals surface area (Å²) in [5.74, 6) is 1.18. The van der Waals surface area contributed by atoms with Crippen LogP contribution < -0.4 is 10.6 Å². The van der Waals surface area contributed by atoms with Crippen LogP contribution >= 0.6 is 11.6 Å². The number of benzene rings is 1. The first-order valence-corrected chi connectivity index (χ1v) is 6.17. The van der Waals surface area contributed by atoms with Gasteiger partial charge in [0.1, 0.15) is 0 Å². The summed E-state index contributed by atoms with van der Waals surface area (Å²) in [6, 6.07) is 8.00. The predicted molar refractivity (Wildman–Crippen MR) is 71.2 cm³/mol. The Kier molecular flexibility index (Phi) is 2.98. The van der Waals surface area contributed by atoms with E-state index in [-0.39, 0.29) is 0 Å². The summed E-state index contributed by atoms with van der Waals surface area (Å²) < 4.78 is 0. The number of halogens is 1. The molecule has 1 saturated carbocycles. The maximum absolute atomic E-state index is 6.07. The molecule has 92 valence electrons. The number of aromatic nitrogens is 3. The normalized spacial score (nSPS) is 14.3. The maximum atomic E-state index is 6.07. The molecule has 0 aliphatic heterocycles. The average molecular weight is 262 g/mol. The molecule has 3 rings (SSSR count). The van der Waals surface area contributed by atoms with Gasteiger partial charge in [0.05, 0.1) is 16.9 Å². The van der Waals surface area contributed by atoms with E-state index in [4.69, 9.17) is 11.6 Å². The molecule has 6 heteroatoms. The summed E-state index contributed by atoms with van der Waals surface area (Å²) in [5, 5.41) is 14.8. The van der Waals surface area contributed by atoms with Gasteiger partial charge in [0.15, 0.2) is 5.82 Å². The third-order valence-electron chi connectivity index (χ3n) is 2.61. The number of anilines is 3. The molecule has 1 aromatic carbocycles. The summed E-state index contributed by atoms with van der Waals surface area (Å²) >= 11 is 6.07. The van der Waals surface area contributed by atoms with E-state index in [9.17, 15) is 0 Å². The number of para-hydroxylation sites is 1. The van der Waals surface area contributed by atoms with Crippen molar-refractivity contribution in [2.24, 2.45) is 0 Å². The highest BCUT2D eigenvalue weighted by atomic mass is 35.5. The lowest BCUT2D eigenvalue weighted by molar-refractivity contribution is 0.947. The second-order valence-corrected chi connectivity index (χ2v) is 4.60. The molecule has 0 amide bonds. The molecule has 0 atom stereocenters. The van der Waals surface area contributed by atoms with Crippen LogP contribution in [0.5, 0.6) is 0 Å². The zero-order valence-corrected chi connectivity index (χ0v) is 10.4. The Bertz CT molecular complexity index is 556. The first-order valence-electron chi connectivity index (χ1n) is 5.79. The summed E-state index contributed by atoms with van der Waals surface area (Å²) in [7, 11) is 0. The van der Waals surface area contributed by atoms with Gasteiger partial charge in [-0.25, -0.2) is 0 Å². The third kappa shape index (κ3) is 2.68.